The minimum atomic E-state index is 1.01. The molecule has 0 spiro atoms. The molecule has 0 aromatic rings. The molecule has 0 aromatic carbocycles. The Balaban J connectivity index is 3.97. The molecule has 0 N–H and O–H groups in total. The summed E-state index contributed by atoms with van der Waals surface area (Å²) in [5, 5.41) is 0. The molecular weight excluding hydrogens is 136 g/mol. The van der Waals surface area contributed by atoms with E-state index in [0.717, 1.165) is 12.8 Å². The summed E-state index contributed by atoms with van der Waals surface area (Å²) in [4.78, 5) is 6.24. The third kappa shape index (κ3) is 5.64. The Bertz CT molecular complexity index is 146. The van der Waals surface area contributed by atoms with Crippen LogP contribution in [-0.2, 0) is 0 Å². The van der Waals surface area contributed by atoms with Gasteiger partial charge >= 0.3 is 0 Å². The highest BCUT2D eigenvalue weighted by atomic mass is 15.1. The molecule has 0 rings (SSSR count). The smallest absolute Gasteiger partial charge is 0.0902 e. The van der Waals surface area contributed by atoms with Gasteiger partial charge in [0.1, 0.15) is 0 Å². The average molecular weight is 154 g/mol. The van der Waals surface area contributed by atoms with Crippen LogP contribution in [-0.4, -0.2) is 25.3 Å². The Kier molecular flexibility index (Phi) is 5.53. The van der Waals surface area contributed by atoms with Gasteiger partial charge in [-0.05, 0) is 12.8 Å². The highest BCUT2D eigenvalue weighted by molar-refractivity contribution is 5.55. The van der Waals surface area contributed by atoms with Crippen molar-refractivity contribution in [1.29, 1.82) is 0 Å². The Morgan fingerprint density at radius 1 is 1.36 bits per heavy atom. The van der Waals surface area contributed by atoms with E-state index in [1.54, 1.807) is 0 Å². The van der Waals surface area contributed by atoms with Crippen molar-refractivity contribution < 1.29 is 0 Å². The second kappa shape index (κ2) is 5.96. The van der Waals surface area contributed by atoms with Crippen LogP contribution >= 0.6 is 0 Å². The Labute approximate surface area is 69.6 Å². The van der Waals surface area contributed by atoms with Crippen LogP contribution in [0.25, 0.3) is 0 Å². The van der Waals surface area contributed by atoms with Gasteiger partial charge in [0.25, 0.3) is 0 Å². The maximum absolute atomic E-state index is 4.29. The maximum atomic E-state index is 4.29. The van der Waals surface area contributed by atoms with Crippen molar-refractivity contribution in [3.63, 3.8) is 0 Å². The molecule has 0 unspecified atom stereocenters. The molecule has 0 aliphatic rings. The molecule has 0 fully saturated rings. The predicted octanol–water partition coefficient (Wildman–Crippen LogP) is 2.28. The first-order chi connectivity index (χ1) is 5.20. The zero-order valence-electron chi connectivity index (χ0n) is 7.96. The first-order valence-corrected chi connectivity index (χ1v) is 4.10. The number of aliphatic imine (C=N–C) groups is 1. The fourth-order valence-corrected chi connectivity index (χ4v) is 0.714. The number of nitrogens with zero attached hydrogens (tertiary/aromatic N) is 2. The van der Waals surface area contributed by atoms with Gasteiger partial charge in [0.2, 0.25) is 0 Å². The average Bonchev–Trinajstić information content (AvgIpc) is 1.97. The summed E-state index contributed by atoms with van der Waals surface area (Å²) in [6, 6.07) is 0. The molecule has 0 aliphatic carbocycles. The Morgan fingerprint density at radius 3 is 2.36 bits per heavy atom. The van der Waals surface area contributed by atoms with E-state index in [1.165, 1.54) is 5.70 Å². The van der Waals surface area contributed by atoms with E-state index < -0.39 is 0 Å². The van der Waals surface area contributed by atoms with Crippen LogP contribution in [0.2, 0.25) is 0 Å². The fraction of sp³-hybridized carbons (Fsp3) is 0.667. The summed E-state index contributed by atoms with van der Waals surface area (Å²) >= 11 is 0. The van der Waals surface area contributed by atoms with Crippen LogP contribution < -0.4 is 0 Å². The topological polar surface area (TPSA) is 15.6 Å². The van der Waals surface area contributed by atoms with Gasteiger partial charge in [0.05, 0.1) is 6.34 Å². The van der Waals surface area contributed by atoms with Crippen LogP contribution in [0.5, 0.6) is 0 Å². The minimum Gasteiger partial charge on any atom is -0.369 e. The largest absolute Gasteiger partial charge is 0.369 e. The van der Waals surface area contributed by atoms with Crippen LogP contribution in [0.3, 0.4) is 0 Å². The number of rotatable bonds is 4. The summed E-state index contributed by atoms with van der Waals surface area (Å²) in [6.45, 7) is 4.25. The van der Waals surface area contributed by atoms with Crippen LogP contribution in [0.1, 0.15) is 26.7 Å². The molecule has 0 amide bonds. The zero-order valence-corrected chi connectivity index (χ0v) is 7.96. The monoisotopic (exact) mass is 154 g/mol. The molecule has 2 heteroatoms. The van der Waals surface area contributed by atoms with Gasteiger partial charge < -0.3 is 4.90 Å². The van der Waals surface area contributed by atoms with Gasteiger partial charge in [-0.2, -0.15) is 0 Å². The molecule has 0 atom stereocenters. The van der Waals surface area contributed by atoms with Crippen molar-refractivity contribution in [3.8, 4) is 0 Å². The number of allylic oxidation sites excluding steroid dienone is 2. The van der Waals surface area contributed by atoms with Gasteiger partial charge in [0.15, 0.2) is 0 Å². The lowest BCUT2D eigenvalue weighted by atomic mass is 10.3. The van der Waals surface area contributed by atoms with Gasteiger partial charge in [-0.15, -0.1) is 0 Å². The molecule has 11 heavy (non-hydrogen) atoms. The molecule has 0 saturated heterocycles. The van der Waals surface area contributed by atoms with E-state index in [4.69, 9.17) is 0 Å². The summed E-state index contributed by atoms with van der Waals surface area (Å²) in [6.07, 6.45) is 6.07. The zero-order chi connectivity index (χ0) is 8.69. The Morgan fingerprint density at radius 2 is 2.00 bits per heavy atom. The first-order valence-electron chi connectivity index (χ1n) is 4.10. The van der Waals surface area contributed by atoms with Crippen molar-refractivity contribution in [2.75, 3.05) is 14.1 Å². The normalized spacial score (nSPS) is 12.5. The summed E-state index contributed by atoms with van der Waals surface area (Å²) < 4.78 is 0. The molecule has 0 radical (unpaired) electrons. The third-order valence-corrected chi connectivity index (χ3v) is 1.26. The van der Waals surface area contributed by atoms with E-state index >= 15 is 0 Å². The predicted molar refractivity (Wildman–Crippen MR) is 50.8 cm³/mol. The molecule has 0 aliphatic heterocycles. The van der Waals surface area contributed by atoms with Crippen molar-refractivity contribution in [2.24, 2.45) is 4.99 Å². The molecule has 0 aromatic heterocycles. The third-order valence-electron chi connectivity index (χ3n) is 1.26. The molecular formula is C9H18N2. The standard InChI is InChI=1S/C9H18N2/c1-5-7-9(6-2)10-8-11(3)4/h7-8H,5-6H2,1-4H3/b9-7+,10-8-. The quantitative estimate of drug-likeness (QED) is 0.448. The molecule has 0 heterocycles. The van der Waals surface area contributed by atoms with Gasteiger partial charge in [-0.3, -0.25) is 0 Å². The fourth-order valence-electron chi connectivity index (χ4n) is 0.714. The SMILES string of the molecule is CC/C=C(CC)/N=C\N(C)C. The highest BCUT2D eigenvalue weighted by Crippen LogP contribution is 2.02. The molecule has 2 nitrogen and oxygen atoms in total. The van der Waals surface area contributed by atoms with E-state index in [9.17, 15) is 0 Å². The second-order valence-corrected chi connectivity index (χ2v) is 2.67. The lowest BCUT2D eigenvalue weighted by Crippen LogP contribution is -2.07. The van der Waals surface area contributed by atoms with E-state index in [-0.39, 0.29) is 0 Å². The van der Waals surface area contributed by atoms with Crippen LogP contribution in [0.15, 0.2) is 16.8 Å². The lowest BCUT2D eigenvalue weighted by molar-refractivity contribution is 0.641. The number of hydrogen-bond donors (Lipinski definition) is 0. The summed E-state index contributed by atoms with van der Waals surface area (Å²) in [5.74, 6) is 0. The maximum Gasteiger partial charge on any atom is 0.0902 e. The molecule has 0 saturated carbocycles. The number of hydrogen-bond acceptors (Lipinski definition) is 1. The Hall–Kier alpha value is -0.790. The molecule has 64 valence electrons. The molecule has 0 bridgehead atoms. The van der Waals surface area contributed by atoms with Gasteiger partial charge in [-0.25, -0.2) is 4.99 Å². The van der Waals surface area contributed by atoms with E-state index in [2.05, 4.69) is 24.9 Å². The van der Waals surface area contributed by atoms with Crippen molar-refractivity contribution in [1.82, 2.24) is 4.90 Å². The van der Waals surface area contributed by atoms with E-state index in [1.807, 2.05) is 25.3 Å². The van der Waals surface area contributed by atoms with Gasteiger partial charge in [-0.1, -0.05) is 19.9 Å². The van der Waals surface area contributed by atoms with Gasteiger partial charge in [0, 0.05) is 19.8 Å². The van der Waals surface area contributed by atoms with Crippen molar-refractivity contribution >= 4 is 6.34 Å². The summed E-state index contributed by atoms with van der Waals surface area (Å²) in [7, 11) is 3.95. The minimum absolute atomic E-state index is 1.01. The lowest BCUT2D eigenvalue weighted by Gasteiger charge is -2.02. The first kappa shape index (κ1) is 10.2. The van der Waals surface area contributed by atoms with E-state index in [0.29, 0.717) is 0 Å². The van der Waals surface area contributed by atoms with Crippen LogP contribution in [0.4, 0.5) is 0 Å². The summed E-state index contributed by atoms with van der Waals surface area (Å²) in [5.41, 5.74) is 1.17. The van der Waals surface area contributed by atoms with Crippen LogP contribution in [0, 0.1) is 0 Å². The highest BCUT2D eigenvalue weighted by Gasteiger charge is 1.86. The van der Waals surface area contributed by atoms with Crippen molar-refractivity contribution in [3.05, 3.63) is 11.8 Å². The van der Waals surface area contributed by atoms with Crippen molar-refractivity contribution in [2.45, 2.75) is 26.7 Å². The second-order valence-electron chi connectivity index (χ2n) is 2.67.